The lowest BCUT2D eigenvalue weighted by atomic mass is 10.2. The maximum Gasteiger partial charge on any atom is 0.251 e. The van der Waals surface area contributed by atoms with Crippen molar-refractivity contribution in [3.8, 4) is 0 Å². The van der Waals surface area contributed by atoms with Crippen molar-refractivity contribution in [3.63, 3.8) is 0 Å². The number of anilines is 2. The molecule has 0 aromatic heterocycles. The Bertz CT molecular complexity index is 691. The van der Waals surface area contributed by atoms with Crippen LogP contribution in [-0.4, -0.2) is 23.6 Å². The van der Waals surface area contributed by atoms with E-state index in [1.54, 1.807) is 18.2 Å². The number of primary amides is 2. The highest BCUT2D eigenvalue weighted by molar-refractivity contribution is 6.08. The normalized spacial score (nSPS) is 11.6. The third kappa shape index (κ3) is 6.14. The highest BCUT2D eigenvalue weighted by Crippen LogP contribution is 2.16. The largest absolute Gasteiger partial charge is 0.366 e. The summed E-state index contributed by atoms with van der Waals surface area (Å²) in [5.74, 6) is -2.44. The monoisotopic (exact) mass is 330 g/mol. The average Bonchev–Trinajstić information content (AvgIpc) is 2.46. The van der Waals surface area contributed by atoms with Gasteiger partial charge in [0, 0.05) is 34.7 Å². The van der Waals surface area contributed by atoms with Crippen LogP contribution in [0.3, 0.4) is 0 Å². The van der Waals surface area contributed by atoms with E-state index in [9.17, 15) is 19.2 Å². The van der Waals surface area contributed by atoms with Crippen LogP contribution < -0.4 is 22.1 Å². The molecule has 4 amide bonds. The van der Waals surface area contributed by atoms with Crippen molar-refractivity contribution in [2.24, 2.45) is 11.5 Å². The molecule has 0 fully saturated rings. The van der Waals surface area contributed by atoms with Crippen molar-refractivity contribution in [2.45, 2.75) is 13.8 Å². The molecule has 8 heteroatoms. The molecule has 1 rings (SSSR count). The Labute approximate surface area is 138 Å². The topological polar surface area (TPSA) is 144 Å². The van der Waals surface area contributed by atoms with Crippen LogP contribution in [0.5, 0.6) is 0 Å². The molecule has 1 aromatic carbocycles. The molecule has 126 valence electrons. The van der Waals surface area contributed by atoms with E-state index in [1.807, 2.05) is 0 Å². The lowest BCUT2D eigenvalue weighted by molar-refractivity contribution is -0.115. The van der Waals surface area contributed by atoms with Crippen molar-refractivity contribution in [1.29, 1.82) is 0 Å². The third-order valence-corrected chi connectivity index (χ3v) is 2.81. The van der Waals surface area contributed by atoms with Crippen LogP contribution in [0.15, 0.2) is 47.6 Å². The molecule has 0 unspecified atom stereocenters. The first-order valence-corrected chi connectivity index (χ1v) is 6.87. The molecule has 0 aliphatic carbocycles. The van der Waals surface area contributed by atoms with Crippen LogP contribution in [0.1, 0.15) is 13.8 Å². The first-order chi connectivity index (χ1) is 11.2. The lowest BCUT2D eigenvalue weighted by Crippen LogP contribution is -2.17. The highest BCUT2D eigenvalue weighted by Gasteiger charge is 2.09. The Morgan fingerprint density at radius 1 is 0.833 bits per heavy atom. The van der Waals surface area contributed by atoms with Crippen molar-refractivity contribution in [3.05, 3.63) is 47.6 Å². The van der Waals surface area contributed by atoms with E-state index >= 15 is 0 Å². The summed E-state index contributed by atoms with van der Waals surface area (Å²) in [7, 11) is 0. The molecule has 24 heavy (non-hydrogen) atoms. The van der Waals surface area contributed by atoms with Crippen molar-refractivity contribution >= 4 is 35.0 Å². The Kier molecular flexibility index (Phi) is 6.42. The number of benzene rings is 1. The minimum absolute atomic E-state index is 0.150. The Morgan fingerprint density at radius 2 is 1.21 bits per heavy atom. The van der Waals surface area contributed by atoms with Crippen LogP contribution in [0.2, 0.25) is 0 Å². The number of amides is 4. The predicted molar refractivity (Wildman–Crippen MR) is 89.6 cm³/mol. The molecular formula is C16H18N4O4. The van der Waals surface area contributed by atoms with Crippen molar-refractivity contribution in [2.75, 3.05) is 10.6 Å². The quantitative estimate of drug-likeness (QED) is 0.560. The van der Waals surface area contributed by atoms with E-state index in [0.717, 1.165) is 12.2 Å². The molecule has 0 spiro atoms. The summed E-state index contributed by atoms with van der Waals surface area (Å²) in [6.45, 7) is 2.90. The zero-order valence-electron chi connectivity index (χ0n) is 13.3. The van der Waals surface area contributed by atoms with Crippen molar-refractivity contribution < 1.29 is 19.2 Å². The number of nitrogens with two attached hydrogens (primary N) is 2. The molecule has 0 heterocycles. The summed E-state index contributed by atoms with van der Waals surface area (Å²) < 4.78 is 0. The number of hydrogen-bond acceptors (Lipinski definition) is 4. The first-order valence-electron chi connectivity index (χ1n) is 6.87. The van der Waals surface area contributed by atoms with Crippen LogP contribution in [0, 0.1) is 0 Å². The van der Waals surface area contributed by atoms with E-state index in [2.05, 4.69) is 10.6 Å². The van der Waals surface area contributed by atoms with E-state index in [0.29, 0.717) is 11.4 Å². The first kappa shape index (κ1) is 18.6. The molecule has 0 saturated carbocycles. The molecule has 0 atom stereocenters. The van der Waals surface area contributed by atoms with Gasteiger partial charge in [0.2, 0.25) is 11.8 Å². The smallest absolute Gasteiger partial charge is 0.251 e. The van der Waals surface area contributed by atoms with E-state index in [4.69, 9.17) is 11.5 Å². The Hall–Kier alpha value is -3.42. The summed E-state index contributed by atoms with van der Waals surface area (Å²) in [6.07, 6.45) is 2.03. The minimum Gasteiger partial charge on any atom is -0.366 e. The molecule has 1 aromatic rings. The van der Waals surface area contributed by atoms with Crippen molar-refractivity contribution in [1.82, 2.24) is 0 Å². The molecule has 0 radical (unpaired) electrons. The second-order valence-electron chi connectivity index (χ2n) is 4.95. The van der Waals surface area contributed by atoms with Gasteiger partial charge in [0.15, 0.2) is 0 Å². The summed E-state index contributed by atoms with van der Waals surface area (Å²) in [4.78, 5) is 45.3. The van der Waals surface area contributed by atoms with E-state index in [1.165, 1.54) is 19.9 Å². The molecule has 0 aliphatic rings. The van der Waals surface area contributed by atoms with Gasteiger partial charge in [0.25, 0.3) is 11.8 Å². The number of carbonyl (C=O) groups excluding carboxylic acids is 4. The predicted octanol–water partition coefficient (Wildman–Crippen LogP) is 0.427. The second kappa shape index (κ2) is 8.28. The van der Waals surface area contributed by atoms with Gasteiger partial charge in [-0.2, -0.15) is 0 Å². The Balaban J connectivity index is 2.84. The van der Waals surface area contributed by atoms with Gasteiger partial charge in [-0.3, -0.25) is 19.2 Å². The SMILES string of the molecule is CC(=CC(N)=O)C(=O)Nc1cccc(NC(=O)C(C)=CC(N)=O)c1. The van der Waals surface area contributed by atoms with Crippen LogP contribution in [0.25, 0.3) is 0 Å². The molecule has 0 aliphatic heterocycles. The summed E-state index contributed by atoms with van der Waals surface area (Å²) >= 11 is 0. The van der Waals surface area contributed by atoms with E-state index in [-0.39, 0.29) is 11.1 Å². The van der Waals surface area contributed by atoms with Gasteiger partial charge in [-0.1, -0.05) is 6.07 Å². The number of hydrogen-bond donors (Lipinski definition) is 4. The van der Waals surface area contributed by atoms with Gasteiger partial charge in [0.1, 0.15) is 0 Å². The summed E-state index contributed by atoms with van der Waals surface area (Å²) in [5.41, 5.74) is 11.1. The average molecular weight is 330 g/mol. The van der Waals surface area contributed by atoms with Crippen LogP contribution >= 0.6 is 0 Å². The molecule has 0 saturated heterocycles. The fraction of sp³-hybridized carbons (Fsp3) is 0.125. The van der Waals surface area contributed by atoms with Gasteiger partial charge < -0.3 is 22.1 Å². The van der Waals surface area contributed by atoms with Crippen LogP contribution in [-0.2, 0) is 19.2 Å². The maximum absolute atomic E-state index is 11.9. The minimum atomic E-state index is -0.722. The number of nitrogens with one attached hydrogen (secondary N) is 2. The molecule has 8 nitrogen and oxygen atoms in total. The molecular weight excluding hydrogens is 312 g/mol. The van der Waals surface area contributed by atoms with Gasteiger partial charge in [-0.15, -0.1) is 0 Å². The standard InChI is InChI=1S/C16H18N4O4/c1-9(6-13(17)21)15(23)19-11-4-3-5-12(8-11)20-16(24)10(2)7-14(18)22/h3-8H,1-2H3,(H2,17,21)(H2,18,22)(H,19,23)(H,20,24). The van der Waals surface area contributed by atoms with Gasteiger partial charge >= 0.3 is 0 Å². The fourth-order valence-electron chi connectivity index (χ4n) is 1.69. The number of rotatable bonds is 6. The fourth-order valence-corrected chi connectivity index (χ4v) is 1.69. The van der Waals surface area contributed by atoms with Crippen LogP contribution in [0.4, 0.5) is 11.4 Å². The summed E-state index contributed by atoms with van der Waals surface area (Å²) in [5, 5.41) is 5.13. The van der Waals surface area contributed by atoms with E-state index < -0.39 is 23.6 Å². The zero-order valence-corrected chi connectivity index (χ0v) is 13.3. The number of carbonyl (C=O) groups is 4. The zero-order chi connectivity index (χ0) is 18.3. The summed E-state index contributed by atoms with van der Waals surface area (Å²) in [6, 6.07) is 6.35. The Morgan fingerprint density at radius 3 is 1.54 bits per heavy atom. The van der Waals surface area contributed by atoms with Gasteiger partial charge in [-0.25, -0.2) is 0 Å². The lowest BCUT2D eigenvalue weighted by Gasteiger charge is -2.09. The third-order valence-electron chi connectivity index (χ3n) is 2.81. The second-order valence-corrected chi connectivity index (χ2v) is 4.95. The highest BCUT2D eigenvalue weighted by atomic mass is 16.2. The molecule has 0 bridgehead atoms. The van der Waals surface area contributed by atoms with Gasteiger partial charge in [-0.05, 0) is 32.0 Å². The molecule has 6 N–H and O–H groups in total. The van der Waals surface area contributed by atoms with Gasteiger partial charge in [0.05, 0.1) is 0 Å². The maximum atomic E-state index is 11.9.